The van der Waals surface area contributed by atoms with E-state index in [1.165, 1.54) is 5.56 Å². The molecule has 0 spiro atoms. The zero-order chi connectivity index (χ0) is 17.9. The average Bonchev–Trinajstić information content (AvgIpc) is 3.12. The molecule has 5 heteroatoms. The molecule has 2 N–H and O–H groups in total. The summed E-state index contributed by atoms with van der Waals surface area (Å²) < 4.78 is 0. The number of nitrogens with zero attached hydrogens (tertiary/aromatic N) is 1. The molecule has 2 aliphatic heterocycles. The zero-order valence-electron chi connectivity index (χ0n) is 14.7. The van der Waals surface area contributed by atoms with Crippen LogP contribution in [-0.2, 0) is 11.2 Å². The van der Waals surface area contributed by atoms with Crippen LogP contribution in [0.3, 0.4) is 0 Å². The molecular weight excluding hydrogens is 326 g/mol. The van der Waals surface area contributed by atoms with Gasteiger partial charge in [0.15, 0.2) is 0 Å². The molecule has 134 valence electrons. The Morgan fingerprint density at radius 1 is 1.04 bits per heavy atom. The van der Waals surface area contributed by atoms with E-state index in [0.717, 1.165) is 38.0 Å². The topological polar surface area (TPSA) is 61.4 Å². The molecule has 0 radical (unpaired) electrons. The van der Waals surface area contributed by atoms with E-state index in [1.54, 1.807) is 6.07 Å². The van der Waals surface area contributed by atoms with Crippen molar-refractivity contribution in [2.45, 2.75) is 19.3 Å². The lowest BCUT2D eigenvalue weighted by atomic mass is 9.97. The Bertz CT molecular complexity index is 828. The summed E-state index contributed by atoms with van der Waals surface area (Å²) in [5.74, 6) is 0.0663. The number of carbonyl (C=O) groups is 2. The van der Waals surface area contributed by atoms with Gasteiger partial charge in [-0.15, -0.1) is 0 Å². The van der Waals surface area contributed by atoms with Gasteiger partial charge in [-0.25, -0.2) is 0 Å². The number of rotatable bonds is 3. The number of benzene rings is 2. The van der Waals surface area contributed by atoms with Crippen LogP contribution in [0.1, 0.15) is 28.8 Å². The number of hydrogen-bond donors (Lipinski definition) is 2. The number of para-hydroxylation sites is 1. The molecular formula is C21H23N3O2. The van der Waals surface area contributed by atoms with Crippen LogP contribution in [0.25, 0.3) is 0 Å². The second-order valence-electron chi connectivity index (χ2n) is 6.93. The molecule has 2 aromatic rings. The predicted octanol–water partition coefficient (Wildman–Crippen LogP) is 2.83. The van der Waals surface area contributed by atoms with E-state index >= 15 is 0 Å². The molecule has 1 fully saturated rings. The van der Waals surface area contributed by atoms with Gasteiger partial charge in [-0.05, 0) is 62.2 Å². The van der Waals surface area contributed by atoms with Gasteiger partial charge in [-0.1, -0.05) is 24.3 Å². The fraction of sp³-hybridized carbons (Fsp3) is 0.333. The van der Waals surface area contributed by atoms with Crippen molar-refractivity contribution < 1.29 is 9.59 Å². The van der Waals surface area contributed by atoms with E-state index < -0.39 is 0 Å². The molecule has 2 heterocycles. The fourth-order valence-corrected chi connectivity index (χ4v) is 3.76. The monoisotopic (exact) mass is 349 g/mol. The summed E-state index contributed by atoms with van der Waals surface area (Å²) in [6.07, 6.45) is 2.60. The van der Waals surface area contributed by atoms with Gasteiger partial charge in [-0.3, -0.25) is 9.59 Å². The van der Waals surface area contributed by atoms with Gasteiger partial charge in [0.05, 0.1) is 0 Å². The average molecular weight is 349 g/mol. The molecule has 0 aliphatic carbocycles. The highest BCUT2D eigenvalue weighted by Gasteiger charge is 2.25. The molecule has 4 rings (SSSR count). The minimum atomic E-state index is -0.0204. The van der Waals surface area contributed by atoms with Crippen molar-refractivity contribution in [1.82, 2.24) is 5.32 Å². The van der Waals surface area contributed by atoms with Crippen molar-refractivity contribution in [1.29, 1.82) is 0 Å². The van der Waals surface area contributed by atoms with E-state index in [-0.39, 0.29) is 17.7 Å². The third-order valence-electron chi connectivity index (χ3n) is 5.22. The Morgan fingerprint density at radius 2 is 1.85 bits per heavy atom. The van der Waals surface area contributed by atoms with Crippen LogP contribution >= 0.6 is 0 Å². The Labute approximate surface area is 153 Å². The zero-order valence-corrected chi connectivity index (χ0v) is 14.7. The maximum Gasteiger partial charge on any atom is 0.258 e. The maximum absolute atomic E-state index is 13.0. The third-order valence-corrected chi connectivity index (χ3v) is 5.22. The number of carbonyl (C=O) groups excluding carboxylic acids is 2. The highest BCUT2D eigenvalue weighted by molar-refractivity contribution is 6.08. The van der Waals surface area contributed by atoms with Crippen molar-refractivity contribution in [3.05, 3.63) is 59.7 Å². The molecule has 2 amide bonds. The van der Waals surface area contributed by atoms with Gasteiger partial charge >= 0.3 is 0 Å². The van der Waals surface area contributed by atoms with Crippen LogP contribution in [0.4, 0.5) is 11.4 Å². The summed E-state index contributed by atoms with van der Waals surface area (Å²) in [7, 11) is 0. The largest absolute Gasteiger partial charge is 0.326 e. The summed E-state index contributed by atoms with van der Waals surface area (Å²) in [4.78, 5) is 27.2. The molecule has 0 atom stereocenters. The number of piperidine rings is 1. The number of anilines is 2. The van der Waals surface area contributed by atoms with Crippen LogP contribution in [0.15, 0.2) is 48.5 Å². The molecule has 2 aliphatic rings. The first-order chi connectivity index (χ1) is 12.7. The second kappa shape index (κ2) is 7.30. The van der Waals surface area contributed by atoms with Crippen molar-refractivity contribution >= 4 is 23.2 Å². The first-order valence-corrected chi connectivity index (χ1v) is 9.24. The smallest absolute Gasteiger partial charge is 0.258 e. The lowest BCUT2D eigenvalue weighted by molar-refractivity contribution is -0.120. The van der Waals surface area contributed by atoms with Crippen molar-refractivity contribution in [2.24, 2.45) is 5.92 Å². The lowest BCUT2D eigenvalue weighted by Gasteiger charge is -2.22. The van der Waals surface area contributed by atoms with Gasteiger partial charge in [0.1, 0.15) is 0 Å². The Hall–Kier alpha value is -2.66. The number of fused-ring (bicyclic) bond motifs is 1. The van der Waals surface area contributed by atoms with Crippen LogP contribution in [0.2, 0.25) is 0 Å². The van der Waals surface area contributed by atoms with Gasteiger partial charge in [0, 0.05) is 29.4 Å². The normalized spacial score (nSPS) is 17.0. The number of hydrogen-bond acceptors (Lipinski definition) is 3. The van der Waals surface area contributed by atoms with Crippen molar-refractivity contribution in [2.75, 3.05) is 29.9 Å². The Morgan fingerprint density at radius 3 is 2.69 bits per heavy atom. The molecule has 1 saturated heterocycles. The molecule has 0 bridgehead atoms. The van der Waals surface area contributed by atoms with Crippen LogP contribution in [0, 0.1) is 5.92 Å². The first kappa shape index (κ1) is 16.8. The van der Waals surface area contributed by atoms with Gasteiger partial charge < -0.3 is 15.5 Å². The van der Waals surface area contributed by atoms with Crippen LogP contribution < -0.4 is 15.5 Å². The Kier molecular flexibility index (Phi) is 4.71. The SMILES string of the molecule is O=C(Nc1cccc(C(=O)N2CCc3ccccc32)c1)C1CCNCC1. The molecule has 2 aromatic carbocycles. The standard InChI is InChI=1S/C21H23N3O2/c25-20(16-8-11-22-12-9-16)23-18-6-3-5-17(14-18)21(26)24-13-10-15-4-1-2-7-19(15)24/h1-7,14,16,22H,8-13H2,(H,23,25). The molecule has 0 saturated carbocycles. The minimum absolute atomic E-state index is 0.0204. The van der Waals surface area contributed by atoms with Crippen LogP contribution in [0.5, 0.6) is 0 Å². The van der Waals surface area contributed by atoms with Crippen molar-refractivity contribution in [3.8, 4) is 0 Å². The number of nitrogens with one attached hydrogen (secondary N) is 2. The molecule has 0 unspecified atom stereocenters. The maximum atomic E-state index is 13.0. The van der Waals surface area contributed by atoms with E-state index in [0.29, 0.717) is 17.8 Å². The molecule has 26 heavy (non-hydrogen) atoms. The summed E-state index contributed by atoms with van der Waals surface area (Å²) in [6, 6.07) is 15.3. The fourth-order valence-electron chi connectivity index (χ4n) is 3.76. The quantitative estimate of drug-likeness (QED) is 0.896. The first-order valence-electron chi connectivity index (χ1n) is 9.24. The lowest BCUT2D eigenvalue weighted by Crippen LogP contribution is -2.34. The summed E-state index contributed by atoms with van der Waals surface area (Å²) >= 11 is 0. The second-order valence-corrected chi connectivity index (χ2v) is 6.93. The van der Waals surface area contributed by atoms with E-state index in [9.17, 15) is 9.59 Å². The van der Waals surface area contributed by atoms with Gasteiger partial charge in [0.25, 0.3) is 5.91 Å². The van der Waals surface area contributed by atoms with Gasteiger partial charge in [-0.2, -0.15) is 0 Å². The van der Waals surface area contributed by atoms with Crippen LogP contribution in [-0.4, -0.2) is 31.4 Å². The van der Waals surface area contributed by atoms with Gasteiger partial charge in [0.2, 0.25) is 5.91 Å². The number of amides is 2. The molecule has 0 aromatic heterocycles. The highest BCUT2D eigenvalue weighted by atomic mass is 16.2. The Balaban J connectivity index is 1.49. The summed E-state index contributed by atoms with van der Waals surface area (Å²) in [6.45, 7) is 2.46. The van der Waals surface area contributed by atoms with E-state index in [1.807, 2.05) is 41.3 Å². The van der Waals surface area contributed by atoms with E-state index in [2.05, 4.69) is 16.7 Å². The van der Waals surface area contributed by atoms with E-state index in [4.69, 9.17) is 0 Å². The summed E-state index contributed by atoms with van der Waals surface area (Å²) in [5, 5.41) is 6.25. The highest BCUT2D eigenvalue weighted by Crippen LogP contribution is 2.29. The predicted molar refractivity (Wildman–Crippen MR) is 102 cm³/mol. The van der Waals surface area contributed by atoms with Crippen molar-refractivity contribution in [3.63, 3.8) is 0 Å². The summed E-state index contributed by atoms with van der Waals surface area (Å²) in [5.41, 5.74) is 3.48. The molecule has 5 nitrogen and oxygen atoms in total. The third kappa shape index (κ3) is 3.35. The minimum Gasteiger partial charge on any atom is -0.326 e.